The number of nitrogens with zero attached hydrogens (tertiary/aromatic N) is 3. The Morgan fingerprint density at radius 3 is 0.500 bits per heavy atom. The molecule has 0 heterocycles. The molecule has 0 aliphatic rings. The third-order valence-corrected chi connectivity index (χ3v) is 25.2. The van der Waals surface area contributed by atoms with Gasteiger partial charge in [-0.2, -0.15) is 0 Å². The van der Waals surface area contributed by atoms with Crippen LogP contribution >= 0.6 is 0 Å². The van der Waals surface area contributed by atoms with Crippen molar-refractivity contribution in [3.63, 3.8) is 0 Å². The van der Waals surface area contributed by atoms with Gasteiger partial charge in [-0.05, 0) is 21.1 Å². The van der Waals surface area contributed by atoms with Crippen molar-refractivity contribution < 1.29 is 21.7 Å². The molecule has 0 N–H and O–H groups in total. The maximum atomic E-state index is 2.59. The smallest absolute Gasteiger partial charge is 0.122 e. The molecule has 28 heavy (non-hydrogen) atoms. The maximum absolute atomic E-state index is 2.59. The molecular weight excluding hydrogens is 475 g/mol. The van der Waals surface area contributed by atoms with Gasteiger partial charge in [0.2, 0.25) is 0 Å². The van der Waals surface area contributed by atoms with Gasteiger partial charge < -0.3 is 12.7 Å². The summed E-state index contributed by atoms with van der Waals surface area (Å²) in [5, 5.41) is 0. The summed E-state index contributed by atoms with van der Waals surface area (Å²) < 4.78 is 7.78. The standard InChI is InChI=1S/3C6H18NSi2.Ti/c3*1-7(8(2)3)9(4,5)6;/h3*1-6H3;. The molecule has 0 spiro atoms. The average Bonchev–Trinajstić information content (AvgIpc) is 2.42. The van der Waals surface area contributed by atoms with Crippen molar-refractivity contribution >= 4 is 51.6 Å². The van der Waals surface area contributed by atoms with Gasteiger partial charge in [0.25, 0.3) is 0 Å². The third kappa shape index (κ3) is 19.8. The molecule has 0 aromatic carbocycles. The van der Waals surface area contributed by atoms with Crippen LogP contribution in [0.15, 0.2) is 0 Å². The van der Waals surface area contributed by atoms with E-state index in [1.165, 1.54) is 0 Å². The van der Waals surface area contributed by atoms with Crippen LogP contribution in [0.3, 0.4) is 0 Å². The molecule has 0 aliphatic heterocycles. The van der Waals surface area contributed by atoms with E-state index in [1.807, 2.05) is 0 Å². The largest absolute Gasteiger partial charge is 0.349 e. The Hall–Kier alpha value is 1.90. The zero-order chi connectivity index (χ0) is 23.0. The molecule has 3 nitrogen and oxygen atoms in total. The number of rotatable bonds is 6. The normalized spacial score (nSPS) is 12.9. The van der Waals surface area contributed by atoms with E-state index >= 15 is 0 Å². The van der Waals surface area contributed by atoms with Crippen molar-refractivity contribution in [2.75, 3.05) is 21.1 Å². The summed E-state index contributed by atoms with van der Waals surface area (Å²) in [6, 6.07) is 0. The summed E-state index contributed by atoms with van der Waals surface area (Å²) in [4.78, 5) is 0. The quantitative estimate of drug-likeness (QED) is 0.391. The van der Waals surface area contributed by atoms with Crippen LogP contribution in [0.2, 0.25) is 98.2 Å². The summed E-state index contributed by atoms with van der Waals surface area (Å²) >= 11 is 0. The topological polar surface area (TPSA) is 9.72 Å². The van der Waals surface area contributed by atoms with E-state index in [-0.39, 0.29) is 48.6 Å². The summed E-state index contributed by atoms with van der Waals surface area (Å²) in [6.07, 6.45) is 0. The van der Waals surface area contributed by atoms with Crippen molar-refractivity contribution in [1.29, 1.82) is 0 Å². The minimum Gasteiger partial charge on any atom is -0.349 e. The Labute approximate surface area is 204 Å². The van der Waals surface area contributed by atoms with Crippen molar-refractivity contribution in [3.8, 4) is 0 Å². The predicted octanol–water partition coefficient (Wildman–Crippen LogP) is 6.01. The van der Waals surface area contributed by atoms with E-state index in [2.05, 4.69) is 132 Å². The van der Waals surface area contributed by atoms with Gasteiger partial charge in [0.05, 0.1) is 0 Å². The fourth-order valence-electron chi connectivity index (χ4n) is 2.01. The number of hydrogen-bond acceptors (Lipinski definition) is 3. The predicted molar refractivity (Wildman–Crippen MR) is 146 cm³/mol. The molecule has 10 heteroatoms. The van der Waals surface area contributed by atoms with Gasteiger partial charge in [0.1, 0.15) is 51.6 Å². The minimum atomic E-state index is -0.945. The van der Waals surface area contributed by atoms with E-state index < -0.39 is 24.7 Å². The summed E-state index contributed by atoms with van der Waals surface area (Å²) in [6.45, 7) is 35.6. The maximum Gasteiger partial charge on any atom is 0.122 e. The Kier molecular flexibility index (Phi) is 20.8. The first-order valence-electron chi connectivity index (χ1n) is 10.2. The molecule has 3 radical (unpaired) electrons. The van der Waals surface area contributed by atoms with Crippen LogP contribution in [0.25, 0.3) is 0 Å². The molecule has 169 valence electrons. The molecular formula is C18H54N3Si6Ti. The van der Waals surface area contributed by atoms with Crippen LogP contribution in [-0.2, 0) is 21.7 Å². The van der Waals surface area contributed by atoms with Gasteiger partial charge in [-0.1, -0.05) is 98.2 Å². The summed E-state index contributed by atoms with van der Waals surface area (Å²) in [5.74, 6) is 0. The molecule has 0 bridgehead atoms. The van der Waals surface area contributed by atoms with Gasteiger partial charge in [-0.15, -0.1) is 0 Å². The molecule has 0 amide bonds. The monoisotopic (exact) mass is 528 g/mol. The molecule has 0 rings (SSSR count). The molecule has 0 aromatic rings. The van der Waals surface area contributed by atoms with Crippen molar-refractivity contribution in [3.05, 3.63) is 0 Å². The van der Waals surface area contributed by atoms with Crippen LogP contribution in [-0.4, -0.2) is 85.4 Å². The molecule has 0 fully saturated rings. The molecule has 0 atom stereocenters. The van der Waals surface area contributed by atoms with Gasteiger partial charge in [0, 0.05) is 21.7 Å². The summed E-state index contributed by atoms with van der Waals surface area (Å²) in [7, 11) is 3.43. The van der Waals surface area contributed by atoms with Crippen LogP contribution < -0.4 is 0 Å². The van der Waals surface area contributed by atoms with Gasteiger partial charge in [0.15, 0.2) is 0 Å². The molecule has 0 aromatic heterocycles. The van der Waals surface area contributed by atoms with E-state index in [0.717, 1.165) is 0 Å². The van der Waals surface area contributed by atoms with Crippen LogP contribution in [0, 0.1) is 0 Å². The average molecular weight is 529 g/mol. The van der Waals surface area contributed by atoms with E-state index in [1.54, 1.807) is 0 Å². The Morgan fingerprint density at radius 2 is 0.500 bits per heavy atom. The van der Waals surface area contributed by atoms with Crippen LogP contribution in [0.5, 0.6) is 0 Å². The second-order valence-corrected chi connectivity index (χ2v) is 35.1. The Balaban J connectivity index is -0.000000152. The van der Waals surface area contributed by atoms with E-state index in [0.29, 0.717) is 0 Å². The third-order valence-electron chi connectivity index (χ3n) is 5.03. The second kappa shape index (κ2) is 15.7. The van der Waals surface area contributed by atoms with Crippen LogP contribution in [0.4, 0.5) is 0 Å². The van der Waals surface area contributed by atoms with Crippen molar-refractivity contribution in [1.82, 2.24) is 12.7 Å². The SMILES string of the molecule is CN([Si](C)C)[Si](C)(C)C.CN([Si](C)C)[Si](C)(C)C.CN([Si](C)C)[Si](C)(C)C.[Ti]. The summed E-state index contributed by atoms with van der Waals surface area (Å²) in [5.41, 5.74) is 0. The van der Waals surface area contributed by atoms with Gasteiger partial charge in [-0.3, -0.25) is 0 Å². The number of hydrogen-bond donors (Lipinski definition) is 0. The first-order valence-corrected chi connectivity index (χ1v) is 27.9. The molecule has 0 saturated carbocycles. The Bertz CT molecular complexity index is 320. The van der Waals surface area contributed by atoms with Gasteiger partial charge >= 0.3 is 0 Å². The van der Waals surface area contributed by atoms with Gasteiger partial charge in [-0.25, -0.2) is 0 Å². The van der Waals surface area contributed by atoms with E-state index in [4.69, 9.17) is 0 Å². The zero-order valence-corrected chi connectivity index (χ0v) is 30.4. The molecule has 0 saturated heterocycles. The Morgan fingerprint density at radius 1 is 0.393 bits per heavy atom. The fraction of sp³-hybridized carbons (Fsp3) is 1.00. The first-order chi connectivity index (χ1) is 11.6. The van der Waals surface area contributed by atoms with E-state index in [9.17, 15) is 0 Å². The van der Waals surface area contributed by atoms with Crippen molar-refractivity contribution in [2.45, 2.75) is 98.2 Å². The van der Waals surface area contributed by atoms with Crippen LogP contribution in [0.1, 0.15) is 0 Å². The molecule has 0 unspecified atom stereocenters. The molecule has 0 aliphatic carbocycles. The second-order valence-electron chi connectivity index (χ2n) is 11.0. The fourth-order valence-corrected chi connectivity index (χ4v) is 18.1. The minimum absolute atomic E-state index is 0. The first kappa shape index (κ1) is 37.2. The van der Waals surface area contributed by atoms with Crippen molar-refractivity contribution in [2.24, 2.45) is 0 Å². The zero-order valence-electron chi connectivity index (χ0n) is 22.8.